The van der Waals surface area contributed by atoms with Gasteiger partial charge in [0.05, 0.1) is 6.42 Å². The van der Waals surface area contributed by atoms with E-state index >= 15 is 0 Å². The van der Waals surface area contributed by atoms with Crippen molar-refractivity contribution in [2.45, 2.75) is 6.42 Å². The van der Waals surface area contributed by atoms with Crippen LogP contribution in [0, 0.1) is 0 Å². The van der Waals surface area contributed by atoms with Crippen LogP contribution in [0.15, 0.2) is 12.3 Å². The van der Waals surface area contributed by atoms with Crippen LogP contribution in [0.1, 0.15) is 5.56 Å². The smallest absolute Gasteiger partial charge is 0.230 e. The van der Waals surface area contributed by atoms with Gasteiger partial charge in [0, 0.05) is 11.8 Å². The number of nitrogens with one attached hydrogen (secondary N) is 3. The van der Waals surface area contributed by atoms with E-state index in [0.717, 1.165) is 11.4 Å². The van der Waals surface area contributed by atoms with E-state index in [1.54, 1.807) is 6.20 Å². The molecular weight excluding hydrogens is 174 g/mol. The van der Waals surface area contributed by atoms with Crippen molar-refractivity contribution < 1.29 is 4.79 Å². The van der Waals surface area contributed by atoms with Gasteiger partial charge in [-0.05, 0) is 18.3 Å². The molecule has 0 saturated carbocycles. The molecule has 1 aliphatic rings. The third kappa shape index (κ3) is 1.18. The Morgan fingerprint density at radius 2 is 2.25 bits per heavy atom. The summed E-state index contributed by atoms with van der Waals surface area (Å²) >= 11 is 4.85. The van der Waals surface area contributed by atoms with E-state index in [2.05, 4.69) is 15.6 Å². The molecule has 1 aliphatic heterocycles. The van der Waals surface area contributed by atoms with E-state index in [1.165, 1.54) is 0 Å². The number of fused-ring (bicyclic) bond motifs is 1. The Morgan fingerprint density at radius 1 is 1.42 bits per heavy atom. The lowest BCUT2D eigenvalue weighted by molar-refractivity contribution is -0.118. The van der Waals surface area contributed by atoms with Crippen molar-refractivity contribution in [1.29, 1.82) is 0 Å². The molecule has 0 saturated heterocycles. The second-order valence-electron chi connectivity index (χ2n) is 2.56. The molecule has 4 nitrogen and oxygen atoms in total. The van der Waals surface area contributed by atoms with Crippen LogP contribution in [0.2, 0.25) is 0 Å². The summed E-state index contributed by atoms with van der Waals surface area (Å²) in [6.07, 6.45) is 2.14. The van der Waals surface area contributed by atoms with Crippen molar-refractivity contribution in [3.8, 4) is 0 Å². The number of H-pyrrole nitrogens is 1. The molecule has 0 bridgehead atoms. The number of aromatic nitrogens is 1. The van der Waals surface area contributed by atoms with Crippen LogP contribution in [0.5, 0.6) is 0 Å². The number of carbonyl (C=O) groups is 1. The van der Waals surface area contributed by atoms with Gasteiger partial charge in [-0.1, -0.05) is 0 Å². The zero-order valence-corrected chi connectivity index (χ0v) is 6.99. The Bertz CT molecular complexity index is 314. The summed E-state index contributed by atoms with van der Waals surface area (Å²) in [6.45, 7) is 0. The van der Waals surface area contributed by atoms with Crippen LogP contribution in [-0.4, -0.2) is 16.0 Å². The molecule has 2 heterocycles. The molecule has 0 radical (unpaired) electrons. The lowest BCUT2D eigenvalue weighted by atomic mass is 10.2. The monoisotopic (exact) mass is 181 g/mol. The van der Waals surface area contributed by atoms with Gasteiger partial charge in [-0.2, -0.15) is 0 Å². The SMILES string of the molecule is O=C1Cc2cc[nH]c2NC(=S)N1. The van der Waals surface area contributed by atoms with E-state index in [9.17, 15) is 4.79 Å². The number of hydrogen-bond donors (Lipinski definition) is 3. The highest BCUT2D eigenvalue weighted by Gasteiger charge is 2.15. The Morgan fingerprint density at radius 3 is 3.08 bits per heavy atom. The minimum atomic E-state index is -0.0779. The van der Waals surface area contributed by atoms with Crippen molar-refractivity contribution in [3.05, 3.63) is 17.8 Å². The van der Waals surface area contributed by atoms with Gasteiger partial charge < -0.3 is 15.6 Å². The third-order valence-corrected chi connectivity index (χ3v) is 1.88. The molecule has 62 valence electrons. The van der Waals surface area contributed by atoms with E-state index < -0.39 is 0 Å². The minimum absolute atomic E-state index is 0.0779. The molecule has 0 unspecified atom stereocenters. The summed E-state index contributed by atoms with van der Waals surface area (Å²) in [7, 11) is 0. The molecule has 12 heavy (non-hydrogen) atoms. The number of aromatic amines is 1. The Kier molecular flexibility index (Phi) is 1.58. The summed E-state index contributed by atoms with van der Waals surface area (Å²) in [5.74, 6) is 0.726. The van der Waals surface area contributed by atoms with E-state index in [1.807, 2.05) is 6.07 Å². The number of anilines is 1. The molecule has 5 heteroatoms. The highest BCUT2D eigenvalue weighted by molar-refractivity contribution is 7.80. The largest absolute Gasteiger partial charge is 0.348 e. The standard InChI is InChI=1S/C7H7N3OS/c11-5-3-4-1-2-8-6(4)10-7(12)9-5/h1-2,8H,3H2,(H2,9,10,11,12). The fourth-order valence-corrected chi connectivity index (χ4v) is 1.37. The molecule has 0 aromatic carbocycles. The van der Waals surface area contributed by atoms with E-state index in [0.29, 0.717) is 11.5 Å². The summed E-state index contributed by atoms with van der Waals surface area (Å²) in [4.78, 5) is 14.1. The van der Waals surface area contributed by atoms with E-state index in [-0.39, 0.29) is 5.91 Å². The zero-order chi connectivity index (χ0) is 8.55. The molecule has 1 amide bonds. The first kappa shape index (κ1) is 7.30. The fourth-order valence-electron chi connectivity index (χ4n) is 1.15. The van der Waals surface area contributed by atoms with Gasteiger partial charge in [0.25, 0.3) is 0 Å². The second kappa shape index (κ2) is 2.60. The minimum Gasteiger partial charge on any atom is -0.348 e. The molecule has 2 rings (SSSR count). The summed E-state index contributed by atoms with van der Waals surface area (Å²) in [6, 6.07) is 1.86. The number of thiocarbonyl (C=S) groups is 1. The number of rotatable bonds is 0. The lowest BCUT2D eigenvalue weighted by Crippen LogP contribution is -2.32. The maximum absolute atomic E-state index is 11.1. The lowest BCUT2D eigenvalue weighted by Gasteiger charge is -2.01. The van der Waals surface area contributed by atoms with Gasteiger partial charge >= 0.3 is 0 Å². The van der Waals surface area contributed by atoms with Crippen LogP contribution in [0.3, 0.4) is 0 Å². The molecule has 0 fully saturated rings. The van der Waals surface area contributed by atoms with Gasteiger partial charge in [0.15, 0.2) is 5.11 Å². The van der Waals surface area contributed by atoms with Crippen LogP contribution < -0.4 is 10.6 Å². The third-order valence-electron chi connectivity index (χ3n) is 1.68. The van der Waals surface area contributed by atoms with Crippen molar-refractivity contribution in [2.24, 2.45) is 0 Å². The molecule has 0 spiro atoms. The zero-order valence-electron chi connectivity index (χ0n) is 6.18. The average molecular weight is 181 g/mol. The Balaban J connectivity index is 2.39. The molecule has 1 aromatic heterocycles. The van der Waals surface area contributed by atoms with Crippen molar-refractivity contribution in [2.75, 3.05) is 5.32 Å². The first-order valence-electron chi connectivity index (χ1n) is 3.53. The maximum atomic E-state index is 11.1. The first-order chi connectivity index (χ1) is 5.75. The number of amides is 1. The number of hydrogen-bond acceptors (Lipinski definition) is 2. The van der Waals surface area contributed by atoms with Gasteiger partial charge in [0.2, 0.25) is 5.91 Å². The summed E-state index contributed by atoms with van der Waals surface area (Å²) < 4.78 is 0. The van der Waals surface area contributed by atoms with Gasteiger partial charge in [0.1, 0.15) is 5.82 Å². The molecule has 0 atom stereocenters. The molecule has 3 N–H and O–H groups in total. The Hall–Kier alpha value is -1.36. The highest BCUT2D eigenvalue weighted by Crippen LogP contribution is 2.15. The molecule has 0 aliphatic carbocycles. The van der Waals surface area contributed by atoms with Gasteiger partial charge in [-0.25, -0.2) is 0 Å². The quantitative estimate of drug-likeness (QED) is 0.507. The van der Waals surface area contributed by atoms with Crippen molar-refractivity contribution in [3.63, 3.8) is 0 Å². The average Bonchev–Trinajstić information content (AvgIpc) is 2.31. The maximum Gasteiger partial charge on any atom is 0.230 e. The highest BCUT2D eigenvalue weighted by atomic mass is 32.1. The van der Waals surface area contributed by atoms with Gasteiger partial charge in [-0.15, -0.1) is 0 Å². The van der Waals surface area contributed by atoms with Crippen LogP contribution in [0.4, 0.5) is 5.82 Å². The van der Waals surface area contributed by atoms with Crippen LogP contribution in [-0.2, 0) is 11.2 Å². The second-order valence-corrected chi connectivity index (χ2v) is 2.97. The van der Waals surface area contributed by atoms with Crippen molar-refractivity contribution in [1.82, 2.24) is 10.3 Å². The fraction of sp³-hybridized carbons (Fsp3) is 0.143. The topological polar surface area (TPSA) is 56.9 Å². The van der Waals surface area contributed by atoms with Gasteiger partial charge in [-0.3, -0.25) is 4.79 Å². The van der Waals surface area contributed by atoms with Crippen LogP contribution >= 0.6 is 12.2 Å². The van der Waals surface area contributed by atoms with Crippen LogP contribution in [0.25, 0.3) is 0 Å². The summed E-state index contributed by atoms with van der Waals surface area (Å²) in [5.41, 5.74) is 0.937. The Labute approximate surface area is 74.3 Å². The first-order valence-corrected chi connectivity index (χ1v) is 3.93. The molecule has 1 aromatic rings. The normalized spacial score (nSPS) is 16.0. The predicted octanol–water partition coefficient (Wildman–Crippen LogP) is 0.384. The van der Waals surface area contributed by atoms with E-state index in [4.69, 9.17) is 12.2 Å². The predicted molar refractivity (Wildman–Crippen MR) is 48.9 cm³/mol. The summed E-state index contributed by atoms with van der Waals surface area (Å²) in [5, 5.41) is 5.76. The number of carbonyl (C=O) groups excluding carboxylic acids is 1. The molecular formula is C7H7N3OS. The van der Waals surface area contributed by atoms with Crippen molar-refractivity contribution >= 4 is 29.1 Å².